The van der Waals surface area contributed by atoms with Crippen LogP contribution in [0.2, 0.25) is 0 Å². The van der Waals surface area contributed by atoms with E-state index in [9.17, 15) is 4.79 Å². The van der Waals surface area contributed by atoms with Crippen LogP contribution >= 0.6 is 0 Å². The Morgan fingerprint density at radius 2 is 1.88 bits per heavy atom. The van der Waals surface area contributed by atoms with E-state index in [1.165, 1.54) is 0 Å². The number of fused-ring (bicyclic) bond motifs is 1. The number of ether oxygens (including phenoxy) is 2. The molecule has 0 unspecified atom stereocenters. The Bertz CT molecular complexity index is 1080. The highest BCUT2D eigenvalue weighted by Gasteiger charge is 2.22. The molecule has 0 spiro atoms. The summed E-state index contributed by atoms with van der Waals surface area (Å²) >= 11 is 0. The van der Waals surface area contributed by atoms with Crippen LogP contribution in [0.15, 0.2) is 41.2 Å². The van der Waals surface area contributed by atoms with Crippen molar-refractivity contribution in [3.63, 3.8) is 0 Å². The zero-order valence-corrected chi connectivity index (χ0v) is 19.4. The van der Waals surface area contributed by atoms with E-state index >= 15 is 0 Å². The minimum absolute atomic E-state index is 0.0271. The summed E-state index contributed by atoms with van der Waals surface area (Å²) in [5.74, 6) is 1.54. The minimum Gasteiger partial charge on any atom is -0.491 e. The maximum absolute atomic E-state index is 12.8. The van der Waals surface area contributed by atoms with Gasteiger partial charge in [-0.1, -0.05) is 26.0 Å². The van der Waals surface area contributed by atoms with Crippen molar-refractivity contribution in [2.75, 3.05) is 13.2 Å². The molecule has 172 valence electrons. The van der Waals surface area contributed by atoms with E-state index in [-0.39, 0.29) is 23.6 Å². The van der Waals surface area contributed by atoms with Gasteiger partial charge in [-0.05, 0) is 50.3 Å². The number of rotatable bonds is 8. The first-order chi connectivity index (χ1) is 15.4. The highest BCUT2D eigenvalue weighted by Crippen LogP contribution is 2.27. The Balaban J connectivity index is 1.52. The van der Waals surface area contributed by atoms with Crippen molar-refractivity contribution in [2.24, 2.45) is 5.92 Å². The Morgan fingerprint density at radius 1 is 1.16 bits per heavy atom. The molecule has 0 bridgehead atoms. The van der Waals surface area contributed by atoms with E-state index in [0.29, 0.717) is 18.1 Å². The van der Waals surface area contributed by atoms with Crippen LogP contribution < -0.4 is 15.6 Å². The molecule has 1 fully saturated rings. The molecule has 32 heavy (non-hydrogen) atoms. The monoisotopic (exact) mass is 438 g/mol. The molecule has 1 aliphatic heterocycles. The van der Waals surface area contributed by atoms with Gasteiger partial charge in [-0.25, -0.2) is 9.50 Å². The zero-order chi connectivity index (χ0) is 22.7. The van der Waals surface area contributed by atoms with E-state index in [1.54, 1.807) is 10.6 Å². The quantitative estimate of drug-likeness (QED) is 0.551. The van der Waals surface area contributed by atoms with Crippen molar-refractivity contribution in [3.8, 4) is 5.75 Å². The van der Waals surface area contributed by atoms with Crippen LogP contribution in [0.1, 0.15) is 69.4 Å². The predicted octanol–water partition coefficient (Wildman–Crippen LogP) is 4.19. The molecule has 1 aromatic carbocycles. The molecule has 1 atom stereocenters. The van der Waals surface area contributed by atoms with Crippen LogP contribution in [0, 0.1) is 5.92 Å². The summed E-state index contributed by atoms with van der Waals surface area (Å²) in [4.78, 5) is 17.7. The summed E-state index contributed by atoms with van der Waals surface area (Å²) < 4.78 is 12.7. The molecule has 3 heterocycles. The maximum Gasteiger partial charge on any atom is 0.272 e. The Morgan fingerprint density at radius 3 is 2.53 bits per heavy atom. The van der Waals surface area contributed by atoms with Crippen LogP contribution in [-0.2, 0) is 11.3 Å². The number of benzene rings is 1. The molecule has 3 aromatic rings. The summed E-state index contributed by atoms with van der Waals surface area (Å²) in [6, 6.07) is 11.8. The van der Waals surface area contributed by atoms with E-state index in [4.69, 9.17) is 14.5 Å². The second kappa shape index (κ2) is 9.88. The Kier molecular flexibility index (Phi) is 6.96. The summed E-state index contributed by atoms with van der Waals surface area (Å²) in [7, 11) is 0. The molecule has 7 nitrogen and oxygen atoms in total. The first kappa shape index (κ1) is 22.6. The predicted molar refractivity (Wildman–Crippen MR) is 125 cm³/mol. The lowest BCUT2D eigenvalue weighted by molar-refractivity contribution is 0.0844. The lowest BCUT2D eigenvalue weighted by Gasteiger charge is -2.22. The van der Waals surface area contributed by atoms with Crippen LogP contribution in [0.4, 0.5) is 0 Å². The van der Waals surface area contributed by atoms with Crippen LogP contribution in [0.5, 0.6) is 5.75 Å². The topological polar surface area (TPSA) is 80.6 Å². The van der Waals surface area contributed by atoms with Gasteiger partial charge in [0.2, 0.25) is 0 Å². The summed E-state index contributed by atoms with van der Waals surface area (Å²) in [6.45, 7) is 10.5. The average Bonchev–Trinajstić information content (AvgIpc) is 3.20. The smallest absolute Gasteiger partial charge is 0.272 e. The minimum atomic E-state index is -0.0778. The van der Waals surface area contributed by atoms with Gasteiger partial charge in [0.25, 0.3) is 5.56 Å². The Hall–Kier alpha value is -2.64. The number of aromatic nitrogens is 3. The number of nitrogens with zero attached hydrogens (tertiary/aromatic N) is 2. The third kappa shape index (κ3) is 5.22. The van der Waals surface area contributed by atoms with E-state index < -0.39 is 0 Å². The standard InChI is InChI=1S/C25H34N4O3/c1-16(2)25(26-15-18-5-7-20(8-6-18)32-17(3)4)22-14-24(30)29-23(27-22)13-21(28-29)19-9-11-31-12-10-19/h5-8,13-14,16-17,19,25-26,28H,9-12,15H2,1-4H3/t25-/m1/s1. The van der Waals surface area contributed by atoms with Gasteiger partial charge in [0.05, 0.1) is 17.8 Å². The van der Waals surface area contributed by atoms with Gasteiger partial charge in [-0.2, -0.15) is 0 Å². The van der Waals surface area contributed by atoms with Crippen LogP contribution in [0.25, 0.3) is 5.65 Å². The van der Waals surface area contributed by atoms with Crippen molar-refractivity contribution in [2.45, 2.75) is 65.1 Å². The molecular weight excluding hydrogens is 404 g/mol. The average molecular weight is 439 g/mol. The third-order valence-corrected chi connectivity index (χ3v) is 5.96. The molecular formula is C25H34N4O3. The molecule has 4 rings (SSSR count). The third-order valence-electron chi connectivity index (χ3n) is 5.96. The fraction of sp³-hybridized carbons (Fsp3) is 0.520. The lowest BCUT2D eigenvalue weighted by atomic mass is 9.97. The van der Waals surface area contributed by atoms with Crippen molar-refractivity contribution in [1.29, 1.82) is 0 Å². The highest BCUT2D eigenvalue weighted by molar-refractivity contribution is 5.41. The number of H-pyrrole nitrogens is 1. The fourth-order valence-corrected chi connectivity index (χ4v) is 4.27. The normalized spacial score (nSPS) is 16.2. The van der Waals surface area contributed by atoms with Crippen molar-refractivity contribution in [3.05, 3.63) is 63.7 Å². The second-order valence-electron chi connectivity index (χ2n) is 9.22. The first-order valence-corrected chi connectivity index (χ1v) is 11.6. The number of nitrogens with one attached hydrogen (secondary N) is 2. The Labute approximate surface area is 189 Å². The van der Waals surface area contributed by atoms with Gasteiger partial charge < -0.3 is 14.8 Å². The van der Waals surface area contributed by atoms with E-state index in [2.05, 4.69) is 36.4 Å². The second-order valence-corrected chi connectivity index (χ2v) is 9.22. The van der Waals surface area contributed by atoms with Crippen LogP contribution in [0.3, 0.4) is 0 Å². The molecule has 0 radical (unpaired) electrons. The van der Waals surface area contributed by atoms with Gasteiger partial charge >= 0.3 is 0 Å². The summed E-state index contributed by atoms with van der Waals surface area (Å²) in [5.41, 5.74) is 3.60. The molecule has 0 saturated carbocycles. The first-order valence-electron chi connectivity index (χ1n) is 11.6. The molecule has 0 amide bonds. The highest BCUT2D eigenvalue weighted by atomic mass is 16.5. The zero-order valence-electron chi connectivity index (χ0n) is 19.4. The number of hydrogen-bond donors (Lipinski definition) is 2. The number of aromatic amines is 1. The SMILES string of the molecule is CC(C)Oc1ccc(CN[C@@H](c2cc(=O)n3[nH]c(C4CCOCC4)cc3n2)C(C)C)cc1. The van der Waals surface area contributed by atoms with Gasteiger partial charge in [0.15, 0.2) is 5.65 Å². The lowest BCUT2D eigenvalue weighted by Crippen LogP contribution is -2.28. The van der Waals surface area contributed by atoms with Gasteiger partial charge in [0.1, 0.15) is 5.75 Å². The van der Waals surface area contributed by atoms with Gasteiger partial charge in [0, 0.05) is 43.5 Å². The molecule has 1 aliphatic rings. The van der Waals surface area contributed by atoms with Crippen molar-refractivity contribution >= 4 is 5.65 Å². The van der Waals surface area contributed by atoms with E-state index in [1.807, 2.05) is 32.0 Å². The van der Waals surface area contributed by atoms with E-state index in [0.717, 1.165) is 48.8 Å². The van der Waals surface area contributed by atoms with Crippen LogP contribution in [-0.4, -0.2) is 33.9 Å². The van der Waals surface area contributed by atoms with Crippen molar-refractivity contribution in [1.82, 2.24) is 19.9 Å². The number of hydrogen-bond acceptors (Lipinski definition) is 5. The largest absolute Gasteiger partial charge is 0.491 e. The summed E-state index contributed by atoms with van der Waals surface area (Å²) in [5, 5.41) is 6.86. The van der Waals surface area contributed by atoms with Gasteiger partial charge in [-0.3, -0.25) is 9.89 Å². The molecule has 1 saturated heterocycles. The van der Waals surface area contributed by atoms with Crippen molar-refractivity contribution < 1.29 is 9.47 Å². The molecule has 2 N–H and O–H groups in total. The fourth-order valence-electron chi connectivity index (χ4n) is 4.27. The molecule has 2 aromatic heterocycles. The van der Waals surface area contributed by atoms with Gasteiger partial charge in [-0.15, -0.1) is 0 Å². The molecule has 7 heteroatoms. The maximum atomic E-state index is 12.8. The molecule has 0 aliphatic carbocycles. The summed E-state index contributed by atoms with van der Waals surface area (Å²) in [6.07, 6.45) is 2.09.